The van der Waals surface area contributed by atoms with E-state index in [-0.39, 0.29) is 23.8 Å². The van der Waals surface area contributed by atoms with Crippen LogP contribution in [0.1, 0.15) is 53.3 Å². The lowest BCUT2D eigenvalue weighted by molar-refractivity contribution is -0.134. The molecule has 1 unspecified atom stereocenters. The van der Waals surface area contributed by atoms with Gasteiger partial charge in [0, 0.05) is 49.7 Å². The molecule has 0 bridgehead atoms. The molecule has 0 saturated heterocycles. The summed E-state index contributed by atoms with van der Waals surface area (Å²) < 4.78 is 1.89. The van der Waals surface area contributed by atoms with Crippen LogP contribution in [-0.2, 0) is 11.8 Å². The zero-order valence-electron chi connectivity index (χ0n) is 17.5. The summed E-state index contributed by atoms with van der Waals surface area (Å²) in [5.74, 6) is 0.500. The first-order valence-corrected chi connectivity index (χ1v) is 10.3. The molecule has 1 fully saturated rings. The van der Waals surface area contributed by atoms with Crippen molar-refractivity contribution in [3.63, 3.8) is 0 Å². The monoisotopic (exact) mass is 388 g/mol. The van der Waals surface area contributed by atoms with Gasteiger partial charge in [0.25, 0.3) is 0 Å². The van der Waals surface area contributed by atoms with Gasteiger partial charge in [0.05, 0.1) is 6.04 Å². The number of aryl methyl sites for hydroxylation is 3. The number of benzene rings is 1. The largest absolute Gasteiger partial charge is 0.332 e. The Bertz CT molecular complexity index is 990. The average molecular weight is 389 g/mol. The van der Waals surface area contributed by atoms with Gasteiger partial charge in [-0.3, -0.25) is 14.5 Å². The number of aromatic nitrogens is 3. The quantitative estimate of drug-likeness (QED) is 0.637. The summed E-state index contributed by atoms with van der Waals surface area (Å²) >= 11 is 0. The molecule has 29 heavy (non-hydrogen) atoms. The van der Waals surface area contributed by atoms with Gasteiger partial charge in [0.1, 0.15) is 0 Å². The molecule has 2 heterocycles. The maximum absolute atomic E-state index is 13.6. The van der Waals surface area contributed by atoms with Crippen molar-refractivity contribution < 1.29 is 4.79 Å². The van der Waals surface area contributed by atoms with Crippen molar-refractivity contribution in [1.29, 1.82) is 0 Å². The third-order valence-electron chi connectivity index (χ3n) is 5.84. The fourth-order valence-corrected chi connectivity index (χ4v) is 4.48. The molecule has 5 heteroatoms. The van der Waals surface area contributed by atoms with Crippen molar-refractivity contribution in [3.05, 3.63) is 82.9 Å². The van der Waals surface area contributed by atoms with Gasteiger partial charge in [-0.05, 0) is 50.5 Å². The maximum Gasteiger partial charge on any atom is 0.227 e. The number of hydrogen-bond acceptors (Lipinski definition) is 3. The Balaban J connectivity index is 1.69. The van der Waals surface area contributed by atoms with Gasteiger partial charge in [0.15, 0.2) is 0 Å². The predicted octanol–water partition coefficient (Wildman–Crippen LogP) is 4.17. The van der Waals surface area contributed by atoms with Gasteiger partial charge >= 0.3 is 0 Å². The molecule has 1 aromatic carbocycles. The Labute approximate surface area is 172 Å². The number of amides is 1. The first kappa shape index (κ1) is 19.4. The molecule has 1 aliphatic rings. The molecule has 3 atom stereocenters. The van der Waals surface area contributed by atoms with Gasteiger partial charge < -0.3 is 4.90 Å². The van der Waals surface area contributed by atoms with Crippen LogP contribution in [0.4, 0.5) is 0 Å². The summed E-state index contributed by atoms with van der Waals surface area (Å²) in [7, 11) is 1.95. The van der Waals surface area contributed by atoms with Gasteiger partial charge in [-0.15, -0.1) is 0 Å². The molecule has 150 valence electrons. The number of pyridine rings is 1. The van der Waals surface area contributed by atoms with E-state index in [9.17, 15) is 4.79 Å². The number of hydrogen-bond donors (Lipinski definition) is 0. The fourth-order valence-electron chi connectivity index (χ4n) is 4.48. The van der Waals surface area contributed by atoms with Crippen molar-refractivity contribution in [3.8, 4) is 0 Å². The number of rotatable bonds is 6. The van der Waals surface area contributed by atoms with E-state index < -0.39 is 0 Å². The van der Waals surface area contributed by atoms with Crippen LogP contribution in [0.25, 0.3) is 0 Å². The lowest BCUT2D eigenvalue weighted by Gasteiger charge is -2.32. The molecule has 2 aromatic heterocycles. The second kappa shape index (κ2) is 7.82. The van der Waals surface area contributed by atoms with Crippen LogP contribution in [0.5, 0.6) is 0 Å². The second-order valence-corrected chi connectivity index (χ2v) is 8.06. The minimum Gasteiger partial charge on any atom is -0.332 e. The molecule has 0 aliphatic heterocycles. The number of nitrogens with zero attached hydrogens (tertiary/aromatic N) is 4. The SMILES string of the molecule is CCN(C(=O)[C@@H]1C[C@H]1c1ccnn1C)C(c1cccnc1)c1cc(C)cc(C)c1. The van der Waals surface area contributed by atoms with E-state index in [1.54, 1.807) is 12.4 Å². The Morgan fingerprint density at radius 2 is 1.93 bits per heavy atom. The highest BCUT2D eigenvalue weighted by atomic mass is 16.2. The molecule has 4 rings (SSSR count). The van der Waals surface area contributed by atoms with Crippen LogP contribution in [0, 0.1) is 19.8 Å². The van der Waals surface area contributed by atoms with Crippen LogP contribution in [0.2, 0.25) is 0 Å². The van der Waals surface area contributed by atoms with Gasteiger partial charge in [-0.25, -0.2) is 0 Å². The first-order valence-electron chi connectivity index (χ1n) is 10.3. The van der Waals surface area contributed by atoms with E-state index in [1.807, 2.05) is 35.0 Å². The second-order valence-electron chi connectivity index (χ2n) is 8.06. The van der Waals surface area contributed by atoms with Gasteiger partial charge in [-0.2, -0.15) is 5.10 Å². The molecule has 5 nitrogen and oxygen atoms in total. The smallest absolute Gasteiger partial charge is 0.227 e. The first-order chi connectivity index (χ1) is 14.0. The third-order valence-corrected chi connectivity index (χ3v) is 5.84. The van der Waals surface area contributed by atoms with E-state index in [2.05, 4.69) is 55.1 Å². The van der Waals surface area contributed by atoms with Crippen LogP contribution >= 0.6 is 0 Å². The molecule has 1 aliphatic carbocycles. The molecule has 1 saturated carbocycles. The van der Waals surface area contributed by atoms with Gasteiger partial charge in [0.2, 0.25) is 5.91 Å². The van der Waals surface area contributed by atoms with Crippen molar-refractivity contribution in [2.24, 2.45) is 13.0 Å². The zero-order chi connectivity index (χ0) is 20.5. The third kappa shape index (κ3) is 3.82. The number of carbonyl (C=O) groups excluding carboxylic acids is 1. The summed E-state index contributed by atoms with van der Waals surface area (Å²) in [5, 5.41) is 4.27. The molecular weight excluding hydrogens is 360 g/mol. The van der Waals surface area contributed by atoms with E-state index in [0.717, 1.165) is 23.2 Å². The molecule has 0 radical (unpaired) electrons. The Kier molecular flexibility index (Phi) is 5.22. The Hall–Kier alpha value is -2.95. The Morgan fingerprint density at radius 3 is 2.52 bits per heavy atom. The highest BCUT2D eigenvalue weighted by Crippen LogP contribution is 2.49. The minimum atomic E-state index is -0.132. The Morgan fingerprint density at radius 1 is 1.17 bits per heavy atom. The summed E-state index contributed by atoms with van der Waals surface area (Å²) in [4.78, 5) is 19.9. The maximum atomic E-state index is 13.6. The molecule has 3 aromatic rings. The summed E-state index contributed by atoms with van der Waals surface area (Å²) in [6.45, 7) is 6.92. The van der Waals surface area contributed by atoms with Crippen LogP contribution in [-0.4, -0.2) is 32.1 Å². The van der Waals surface area contributed by atoms with Crippen LogP contribution in [0.15, 0.2) is 55.0 Å². The van der Waals surface area contributed by atoms with E-state index in [1.165, 1.54) is 11.1 Å². The minimum absolute atomic E-state index is 0.0235. The van der Waals surface area contributed by atoms with Crippen molar-refractivity contribution in [2.45, 2.75) is 39.2 Å². The van der Waals surface area contributed by atoms with Crippen LogP contribution in [0.3, 0.4) is 0 Å². The molecule has 0 spiro atoms. The lowest BCUT2D eigenvalue weighted by atomic mass is 9.94. The highest BCUT2D eigenvalue weighted by Gasteiger charge is 2.48. The molecule has 1 amide bonds. The summed E-state index contributed by atoms with van der Waals surface area (Å²) in [6.07, 6.45) is 6.35. The highest BCUT2D eigenvalue weighted by molar-refractivity contribution is 5.83. The number of carbonyl (C=O) groups is 1. The molecular formula is C24H28N4O. The average Bonchev–Trinajstić information content (AvgIpc) is 3.38. The zero-order valence-corrected chi connectivity index (χ0v) is 17.5. The molecule has 0 N–H and O–H groups in total. The summed E-state index contributed by atoms with van der Waals surface area (Å²) in [5.41, 5.74) is 5.74. The predicted molar refractivity (Wildman–Crippen MR) is 113 cm³/mol. The van der Waals surface area contributed by atoms with Crippen LogP contribution < -0.4 is 0 Å². The normalized spacial score (nSPS) is 19.0. The standard InChI is InChI=1S/C24H28N4O/c1-5-28(24(29)21-14-20(21)22-8-10-26-27(22)4)23(18-7-6-9-25-15-18)19-12-16(2)11-17(3)13-19/h6-13,15,20-21,23H,5,14H2,1-4H3/t20-,21-,23?/m1/s1. The lowest BCUT2D eigenvalue weighted by Crippen LogP contribution is -2.37. The van der Waals surface area contributed by atoms with E-state index in [4.69, 9.17) is 0 Å². The van der Waals surface area contributed by atoms with E-state index in [0.29, 0.717) is 6.54 Å². The fraction of sp³-hybridized carbons (Fsp3) is 0.375. The van der Waals surface area contributed by atoms with Crippen molar-refractivity contribution >= 4 is 5.91 Å². The topological polar surface area (TPSA) is 51.0 Å². The van der Waals surface area contributed by atoms with Crippen molar-refractivity contribution in [2.75, 3.05) is 6.54 Å². The van der Waals surface area contributed by atoms with Crippen molar-refractivity contribution in [1.82, 2.24) is 19.7 Å². The van der Waals surface area contributed by atoms with E-state index >= 15 is 0 Å². The van der Waals surface area contributed by atoms with Gasteiger partial charge in [-0.1, -0.05) is 35.4 Å². The summed E-state index contributed by atoms with van der Waals surface area (Å²) in [6, 6.07) is 12.4.